The highest BCUT2D eigenvalue weighted by atomic mass is 16.5. The van der Waals surface area contributed by atoms with E-state index in [1.54, 1.807) is 12.1 Å². The average Bonchev–Trinajstić information content (AvgIpc) is 3.31. The van der Waals surface area contributed by atoms with Crippen molar-refractivity contribution >= 4 is 5.97 Å². The van der Waals surface area contributed by atoms with E-state index in [1.807, 2.05) is 18.5 Å². The molecule has 1 aromatic carbocycles. The number of hydrogen-bond acceptors (Lipinski definition) is 4. The molecular formula is C17H19N3O3. The first-order valence-electron chi connectivity index (χ1n) is 7.94. The maximum atomic E-state index is 11.5. The minimum Gasteiger partial charge on any atom is -0.492 e. The number of carboxylic acid groups (broad SMARTS) is 1. The van der Waals surface area contributed by atoms with Crippen LogP contribution in [0.25, 0.3) is 0 Å². The number of imidazole rings is 1. The summed E-state index contributed by atoms with van der Waals surface area (Å²) >= 11 is 0. The molecule has 0 amide bonds. The first kappa shape index (κ1) is 14.3. The number of aromatic carboxylic acids is 1. The summed E-state index contributed by atoms with van der Waals surface area (Å²) in [4.78, 5) is 18.2. The number of nitrogens with zero attached hydrogens (tertiary/aromatic N) is 3. The lowest BCUT2D eigenvalue weighted by Gasteiger charge is -2.20. The lowest BCUT2D eigenvalue weighted by molar-refractivity contribution is 0.0694. The molecule has 0 radical (unpaired) electrons. The van der Waals surface area contributed by atoms with E-state index in [1.165, 1.54) is 12.8 Å². The molecule has 0 saturated heterocycles. The van der Waals surface area contributed by atoms with E-state index in [2.05, 4.69) is 14.5 Å². The molecule has 0 spiro atoms. The first-order valence-corrected chi connectivity index (χ1v) is 7.94. The van der Waals surface area contributed by atoms with E-state index >= 15 is 0 Å². The monoisotopic (exact) mass is 313 g/mol. The van der Waals surface area contributed by atoms with Gasteiger partial charge in [0.2, 0.25) is 0 Å². The van der Waals surface area contributed by atoms with Crippen molar-refractivity contribution in [2.75, 3.05) is 13.2 Å². The molecule has 1 aromatic heterocycles. The molecule has 4 rings (SSSR count). The normalized spacial score (nSPS) is 18.1. The minimum absolute atomic E-state index is 0.319. The van der Waals surface area contributed by atoms with E-state index in [-0.39, 0.29) is 0 Å². The van der Waals surface area contributed by atoms with Crippen LogP contribution in [0.2, 0.25) is 0 Å². The molecule has 2 heterocycles. The van der Waals surface area contributed by atoms with Gasteiger partial charge in [0.1, 0.15) is 18.2 Å². The fourth-order valence-electron chi connectivity index (χ4n) is 3.14. The highest BCUT2D eigenvalue weighted by Gasteiger charge is 2.27. The molecule has 1 aliphatic carbocycles. The molecule has 6 nitrogen and oxygen atoms in total. The second-order valence-corrected chi connectivity index (χ2v) is 6.13. The predicted octanol–water partition coefficient (Wildman–Crippen LogP) is 2.31. The number of carboxylic acids is 1. The minimum atomic E-state index is -0.910. The van der Waals surface area contributed by atoms with Crippen LogP contribution in [0, 0.1) is 0 Å². The molecule has 1 N–H and O–H groups in total. The number of rotatable bonds is 4. The molecule has 2 aliphatic rings. The van der Waals surface area contributed by atoms with E-state index in [9.17, 15) is 9.90 Å². The number of carbonyl (C=O) groups is 1. The molecule has 2 aromatic rings. The summed E-state index contributed by atoms with van der Waals surface area (Å²) in [7, 11) is 0. The van der Waals surface area contributed by atoms with Crippen molar-refractivity contribution in [1.82, 2.24) is 14.5 Å². The topological polar surface area (TPSA) is 67.6 Å². The number of benzene rings is 1. The molecular weight excluding hydrogens is 294 g/mol. The third-order valence-electron chi connectivity index (χ3n) is 4.46. The van der Waals surface area contributed by atoms with Gasteiger partial charge in [-0.05, 0) is 25.0 Å². The van der Waals surface area contributed by atoms with Crippen molar-refractivity contribution in [3.05, 3.63) is 47.5 Å². The van der Waals surface area contributed by atoms with Crippen LogP contribution < -0.4 is 4.74 Å². The largest absolute Gasteiger partial charge is 0.492 e. The van der Waals surface area contributed by atoms with E-state index in [0.717, 1.165) is 17.9 Å². The number of hydrogen-bond donors (Lipinski definition) is 1. The standard InChI is InChI=1S/C17H19N3O3/c21-17(22)13-2-1-3-15-14(13)10-19(8-9-23-15)11-16-18-6-7-20(16)12-4-5-12/h1-3,6-7,12H,4-5,8-11H2,(H,21,22). The van der Waals surface area contributed by atoms with Crippen molar-refractivity contribution in [1.29, 1.82) is 0 Å². The van der Waals surface area contributed by atoms with Gasteiger partial charge in [0.25, 0.3) is 0 Å². The zero-order valence-electron chi connectivity index (χ0n) is 12.8. The van der Waals surface area contributed by atoms with Gasteiger partial charge in [-0.15, -0.1) is 0 Å². The highest BCUT2D eigenvalue weighted by molar-refractivity contribution is 5.90. The Balaban J connectivity index is 1.59. The lowest BCUT2D eigenvalue weighted by atomic mass is 10.1. The summed E-state index contributed by atoms with van der Waals surface area (Å²) in [6.45, 7) is 2.58. The quantitative estimate of drug-likeness (QED) is 0.938. The smallest absolute Gasteiger partial charge is 0.336 e. The van der Waals surface area contributed by atoms with Crippen molar-refractivity contribution in [3.63, 3.8) is 0 Å². The van der Waals surface area contributed by atoms with Gasteiger partial charge in [-0.3, -0.25) is 4.90 Å². The zero-order valence-corrected chi connectivity index (χ0v) is 12.8. The Labute approximate surface area is 134 Å². The van der Waals surface area contributed by atoms with Crippen molar-refractivity contribution in [2.24, 2.45) is 0 Å². The van der Waals surface area contributed by atoms with Gasteiger partial charge >= 0.3 is 5.97 Å². The molecule has 1 saturated carbocycles. The Morgan fingerprint density at radius 1 is 1.39 bits per heavy atom. The Kier molecular flexibility index (Phi) is 3.53. The van der Waals surface area contributed by atoms with E-state index in [4.69, 9.17) is 4.74 Å². The van der Waals surface area contributed by atoms with Crippen molar-refractivity contribution < 1.29 is 14.6 Å². The van der Waals surface area contributed by atoms with Crippen LogP contribution >= 0.6 is 0 Å². The number of ether oxygens (including phenoxy) is 1. The second-order valence-electron chi connectivity index (χ2n) is 6.13. The Morgan fingerprint density at radius 3 is 3.04 bits per heavy atom. The fraction of sp³-hybridized carbons (Fsp3) is 0.412. The van der Waals surface area contributed by atoms with Crippen LogP contribution in [0.15, 0.2) is 30.6 Å². The number of fused-ring (bicyclic) bond motifs is 1. The summed E-state index contributed by atoms with van der Waals surface area (Å²) in [6.07, 6.45) is 6.33. The SMILES string of the molecule is O=C(O)c1cccc2c1CN(Cc1nccn1C1CC1)CCO2. The van der Waals surface area contributed by atoms with Crippen molar-refractivity contribution in [2.45, 2.75) is 32.0 Å². The Hall–Kier alpha value is -2.34. The molecule has 1 aliphatic heterocycles. The van der Waals surface area contributed by atoms with Crippen LogP contribution in [-0.4, -0.2) is 38.7 Å². The molecule has 6 heteroatoms. The molecule has 1 fully saturated rings. The average molecular weight is 313 g/mol. The third-order valence-corrected chi connectivity index (χ3v) is 4.46. The van der Waals surface area contributed by atoms with Gasteiger partial charge in [0, 0.05) is 37.1 Å². The van der Waals surface area contributed by atoms with Gasteiger partial charge in [-0.1, -0.05) is 6.07 Å². The fourth-order valence-corrected chi connectivity index (χ4v) is 3.14. The summed E-state index contributed by atoms with van der Waals surface area (Å²) in [5, 5.41) is 9.41. The molecule has 0 bridgehead atoms. The molecule has 120 valence electrons. The summed E-state index contributed by atoms with van der Waals surface area (Å²) < 4.78 is 7.99. The van der Waals surface area contributed by atoms with Crippen LogP contribution in [-0.2, 0) is 13.1 Å². The van der Waals surface area contributed by atoms with Crippen LogP contribution in [0.5, 0.6) is 5.75 Å². The molecule has 0 unspecified atom stereocenters. The summed E-state index contributed by atoms with van der Waals surface area (Å²) in [5.41, 5.74) is 1.07. The van der Waals surface area contributed by atoms with Crippen molar-refractivity contribution in [3.8, 4) is 5.75 Å². The van der Waals surface area contributed by atoms with Crippen LogP contribution in [0.4, 0.5) is 0 Å². The van der Waals surface area contributed by atoms with Gasteiger partial charge in [0.15, 0.2) is 0 Å². The summed E-state index contributed by atoms with van der Waals surface area (Å²) in [5.74, 6) is 0.813. The van der Waals surface area contributed by atoms with Gasteiger partial charge in [-0.25, -0.2) is 9.78 Å². The highest BCUT2D eigenvalue weighted by Crippen LogP contribution is 2.36. The lowest BCUT2D eigenvalue weighted by Crippen LogP contribution is -2.27. The number of aromatic nitrogens is 2. The zero-order chi connectivity index (χ0) is 15.8. The van der Waals surface area contributed by atoms with E-state index in [0.29, 0.717) is 37.1 Å². The van der Waals surface area contributed by atoms with Gasteiger partial charge in [0.05, 0.1) is 12.1 Å². The Bertz CT molecular complexity index is 736. The summed E-state index contributed by atoms with van der Waals surface area (Å²) in [6, 6.07) is 5.81. The van der Waals surface area contributed by atoms with Crippen LogP contribution in [0.1, 0.15) is 40.6 Å². The van der Waals surface area contributed by atoms with E-state index < -0.39 is 5.97 Å². The van der Waals surface area contributed by atoms with Gasteiger partial charge in [-0.2, -0.15) is 0 Å². The molecule has 23 heavy (non-hydrogen) atoms. The van der Waals surface area contributed by atoms with Crippen LogP contribution in [0.3, 0.4) is 0 Å². The predicted molar refractivity (Wildman–Crippen MR) is 83.5 cm³/mol. The van der Waals surface area contributed by atoms with Gasteiger partial charge < -0.3 is 14.4 Å². The maximum Gasteiger partial charge on any atom is 0.336 e. The third kappa shape index (κ3) is 2.82. The first-order chi connectivity index (χ1) is 11.2. The maximum absolute atomic E-state index is 11.5. The molecule has 0 atom stereocenters. The second kappa shape index (κ2) is 5.70. The Morgan fingerprint density at radius 2 is 2.26 bits per heavy atom.